The third kappa shape index (κ3) is 3.87. The second-order valence-corrected chi connectivity index (χ2v) is 10.1. The second-order valence-electron chi connectivity index (χ2n) is 10.1. The third-order valence-electron chi connectivity index (χ3n) is 6.88. The number of nitrogens with one attached hydrogen (secondary N) is 1. The van der Waals surface area contributed by atoms with Crippen LogP contribution in [0.3, 0.4) is 0 Å². The van der Waals surface area contributed by atoms with E-state index in [4.69, 9.17) is 15.6 Å². The van der Waals surface area contributed by atoms with Crippen molar-refractivity contribution in [2.45, 2.75) is 64.8 Å². The standard InChI is InChI=1S/C24H29FN4O3/c1-24(2)7-5-15-18(9-13-3-4-13)28-29(20(15)12-24)14-10-16(25)21(22(26)30)19(11-14)27-17-6-8-32-23(17)31/h10-11,13,17,27H,3-9,12H2,1-2H3,(H2,26,30). The first kappa shape index (κ1) is 21.0. The highest BCUT2D eigenvalue weighted by atomic mass is 19.1. The summed E-state index contributed by atoms with van der Waals surface area (Å²) in [6.07, 6.45) is 6.77. The predicted octanol–water partition coefficient (Wildman–Crippen LogP) is 3.31. The number of amides is 1. The van der Waals surface area contributed by atoms with Gasteiger partial charge >= 0.3 is 5.97 Å². The molecule has 170 valence electrons. The number of aromatic nitrogens is 2. The second kappa shape index (κ2) is 7.60. The molecule has 0 radical (unpaired) electrons. The maximum Gasteiger partial charge on any atom is 0.328 e. The van der Waals surface area contributed by atoms with E-state index in [1.165, 1.54) is 24.5 Å². The molecule has 7 nitrogen and oxygen atoms in total. The molecule has 1 aliphatic heterocycles. The molecule has 1 aromatic heterocycles. The number of nitrogens with zero attached hydrogens (tertiary/aromatic N) is 2. The number of esters is 1. The minimum Gasteiger partial charge on any atom is -0.464 e. The Morgan fingerprint density at radius 1 is 1.34 bits per heavy atom. The molecule has 0 bridgehead atoms. The molecular weight excluding hydrogens is 411 g/mol. The summed E-state index contributed by atoms with van der Waals surface area (Å²) in [6, 6.07) is 2.34. The molecule has 0 spiro atoms. The minimum atomic E-state index is -0.888. The molecule has 3 N–H and O–H groups in total. The smallest absolute Gasteiger partial charge is 0.328 e. The Bertz CT molecular complexity index is 1100. The summed E-state index contributed by atoms with van der Waals surface area (Å²) in [5.74, 6) is -1.35. The first-order valence-electron chi connectivity index (χ1n) is 11.4. The molecule has 1 unspecified atom stereocenters. The molecule has 32 heavy (non-hydrogen) atoms. The average molecular weight is 441 g/mol. The van der Waals surface area contributed by atoms with Crippen molar-refractivity contribution in [1.82, 2.24) is 9.78 Å². The highest BCUT2D eigenvalue weighted by molar-refractivity contribution is 6.00. The number of benzene rings is 1. The predicted molar refractivity (Wildman–Crippen MR) is 117 cm³/mol. The topological polar surface area (TPSA) is 99.2 Å². The van der Waals surface area contributed by atoms with Crippen molar-refractivity contribution >= 4 is 17.6 Å². The zero-order valence-electron chi connectivity index (χ0n) is 18.5. The van der Waals surface area contributed by atoms with Crippen LogP contribution < -0.4 is 11.1 Å². The monoisotopic (exact) mass is 440 g/mol. The van der Waals surface area contributed by atoms with Crippen LogP contribution in [0.4, 0.5) is 10.1 Å². The van der Waals surface area contributed by atoms with Crippen molar-refractivity contribution < 1.29 is 18.7 Å². The number of rotatable bonds is 6. The van der Waals surface area contributed by atoms with Crippen LogP contribution in [0.2, 0.25) is 0 Å². The Morgan fingerprint density at radius 2 is 2.12 bits per heavy atom. The quantitative estimate of drug-likeness (QED) is 0.672. The molecule has 2 heterocycles. The van der Waals surface area contributed by atoms with Crippen LogP contribution in [-0.2, 0) is 28.8 Å². The number of anilines is 1. The highest BCUT2D eigenvalue weighted by Gasteiger charge is 2.34. The van der Waals surface area contributed by atoms with E-state index in [0.717, 1.165) is 37.1 Å². The van der Waals surface area contributed by atoms with E-state index >= 15 is 4.39 Å². The van der Waals surface area contributed by atoms with E-state index in [0.29, 0.717) is 18.0 Å². The number of nitrogens with two attached hydrogens (primary N) is 1. The number of halogens is 1. The Kier molecular flexibility index (Phi) is 4.98. The molecule has 1 aromatic carbocycles. The normalized spacial score (nSPS) is 21.8. The maximum absolute atomic E-state index is 15.1. The Labute approximate surface area is 186 Å². The number of carbonyl (C=O) groups is 2. The molecule has 2 aromatic rings. The van der Waals surface area contributed by atoms with Gasteiger partial charge < -0.3 is 15.8 Å². The van der Waals surface area contributed by atoms with Gasteiger partial charge in [0.1, 0.15) is 11.9 Å². The number of hydrogen-bond acceptors (Lipinski definition) is 5. The first-order chi connectivity index (χ1) is 15.2. The van der Waals surface area contributed by atoms with E-state index in [-0.39, 0.29) is 23.3 Å². The SMILES string of the molecule is CC1(C)CCc2c(CC3CC3)nn(-c3cc(F)c(C(N)=O)c(NC4CCOC4=O)c3)c2C1. The number of carbonyl (C=O) groups excluding carboxylic acids is 2. The fourth-order valence-corrected chi connectivity index (χ4v) is 4.88. The number of fused-ring (bicyclic) bond motifs is 1. The van der Waals surface area contributed by atoms with Crippen molar-refractivity contribution in [2.75, 3.05) is 11.9 Å². The lowest BCUT2D eigenvalue weighted by atomic mass is 9.76. The third-order valence-corrected chi connectivity index (χ3v) is 6.88. The highest BCUT2D eigenvalue weighted by Crippen LogP contribution is 2.40. The molecular formula is C24H29FN4O3. The van der Waals surface area contributed by atoms with E-state index < -0.39 is 23.7 Å². The molecule has 3 aliphatic rings. The molecule has 8 heteroatoms. The maximum atomic E-state index is 15.1. The van der Waals surface area contributed by atoms with Crippen molar-refractivity contribution in [3.05, 3.63) is 40.5 Å². The number of cyclic esters (lactones) is 1. The first-order valence-corrected chi connectivity index (χ1v) is 11.4. The van der Waals surface area contributed by atoms with Crippen molar-refractivity contribution in [3.8, 4) is 5.69 Å². The zero-order valence-corrected chi connectivity index (χ0v) is 18.5. The van der Waals surface area contributed by atoms with Crippen LogP contribution >= 0.6 is 0 Å². The van der Waals surface area contributed by atoms with Gasteiger partial charge in [-0.2, -0.15) is 5.10 Å². The van der Waals surface area contributed by atoms with Crippen LogP contribution in [0.5, 0.6) is 0 Å². The summed E-state index contributed by atoms with van der Waals surface area (Å²) < 4.78 is 22.0. The van der Waals surface area contributed by atoms with E-state index in [1.54, 1.807) is 6.07 Å². The number of primary amides is 1. The van der Waals surface area contributed by atoms with Crippen molar-refractivity contribution in [1.29, 1.82) is 0 Å². The van der Waals surface area contributed by atoms with Gasteiger partial charge in [0.05, 0.1) is 29.2 Å². The van der Waals surface area contributed by atoms with Crippen molar-refractivity contribution in [2.24, 2.45) is 17.1 Å². The molecule has 5 rings (SSSR count). The van der Waals surface area contributed by atoms with E-state index in [9.17, 15) is 9.59 Å². The van der Waals surface area contributed by atoms with Gasteiger partial charge in [-0.1, -0.05) is 13.8 Å². The van der Waals surface area contributed by atoms with Crippen LogP contribution in [0.1, 0.15) is 66.8 Å². The zero-order chi connectivity index (χ0) is 22.6. The molecule has 1 atom stereocenters. The lowest BCUT2D eigenvalue weighted by Crippen LogP contribution is -2.27. The molecule has 1 saturated carbocycles. The van der Waals surface area contributed by atoms with Gasteiger partial charge in [-0.05, 0) is 61.5 Å². The molecule has 1 amide bonds. The Morgan fingerprint density at radius 3 is 2.78 bits per heavy atom. The summed E-state index contributed by atoms with van der Waals surface area (Å²) in [4.78, 5) is 24.0. The summed E-state index contributed by atoms with van der Waals surface area (Å²) >= 11 is 0. The van der Waals surface area contributed by atoms with Gasteiger partial charge in [0.2, 0.25) is 0 Å². The lowest BCUT2D eigenvalue weighted by molar-refractivity contribution is -0.138. The van der Waals surface area contributed by atoms with Crippen LogP contribution in [0.15, 0.2) is 12.1 Å². The molecule has 2 aliphatic carbocycles. The average Bonchev–Trinajstić information content (AvgIpc) is 3.34. The van der Waals surface area contributed by atoms with Crippen LogP contribution in [-0.4, -0.2) is 34.3 Å². The summed E-state index contributed by atoms with van der Waals surface area (Å²) in [5.41, 5.74) is 9.55. The fourth-order valence-electron chi connectivity index (χ4n) is 4.88. The van der Waals surface area contributed by atoms with Crippen LogP contribution in [0.25, 0.3) is 5.69 Å². The van der Waals surface area contributed by atoms with Gasteiger partial charge in [0.25, 0.3) is 5.91 Å². The summed E-state index contributed by atoms with van der Waals surface area (Å²) in [5, 5.41) is 7.91. The fraction of sp³-hybridized carbons (Fsp3) is 0.542. The Balaban J connectivity index is 1.60. The summed E-state index contributed by atoms with van der Waals surface area (Å²) in [6.45, 7) is 4.77. The van der Waals surface area contributed by atoms with Crippen molar-refractivity contribution in [3.63, 3.8) is 0 Å². The molecule has 1 saturated heterocycles. The lowest BCUT2D eigenvalue weighted by Gasteiger charge is -2.30. The Hall–Kier alpha value is -2.90. The molecule has 2 fully saturated rings. The summed E-state index contributed by atoms with van der Waals surface area (Å²) in [7, 11) is 0. The van der Waals surface area contributed by atoms with E-state index in [2.05, 4.69) is 19.2 Å². The van der Waals surface area contributed by atoms with Gasteiger partial charge in [0, 0.05) is 18.2 Å². The van der Waals surface area contributed by atoms with Gasteiger partial charge in [-0.3, -0.25) is 4.79 Å². The number of ether oxygens (including phenoxy) is 1. The largest absolute Gasteiger partial charge is 0.464 e. The van der Waals surface area contributed by atoms with Crippen LogP contribution in [0, 0.1) is 17.2 Å². The van der Waals surface area contributed by atoms with Gasteiger partial charge in [-0.25, -0.2) is 13.9 Å². The van der Waals surface area contributed by atoms with E-state index in [1.807, 2.05) is 4.68 Å². The van der Waals surface area contributed by atoms with Gasteiger partial charge in [0.15, 0.2) is 0 Å². The van der Waals surface area contributed by atoms with Gasteiger partial charge in [-0.15, -0.1) is 0 Å². The minimum absolute atomic E-state index is 0.127. The number of hydrogen-bond donors (Lipinski definition) is 2.